The van der Waals surface area contributed by atoms with Crippen LogP contribution in [0.5, 0.6) is 0 Å². The van der Waals surface area contributed by atoms with Crippen molar-refractivity contribution in [2.75, 3.05) is 13.2 Å². The maximum absolute atomic E-state index is 12.9. The quantitative estimate of drug-likeness (QED) is 0.340. The number of nitrogens with one attached hydrogen (secondary N) is 2. The Hall–Kier alpha value is -4.01. The first-order valence-corrected chi connectivity index (χ1v) is 11.6. The van der Waals surface area contributed by atoms with E-state index in [4.69, 9.17) is 10.2 Å². The molecule has 4 rings (SSSR count). The molecule has 0 saturated heterocycles. The third-order valence-electron chi connectivity index (χ3n) is 5.02. The molecule has 0 fully saturated rings. The first-order valence-electron chi connectivity index (χ1n) is 10.7. The Balaban J connectivity index is 1.75. The summed E-state index contributed by atoms with van der Waals surface area (Å²) in [6, 6.07) is 20.6. The Morgan fingerprint density at radius 2 is 1.82 bits per heavy atom. The standard InChI is InChI=1S/C26H24N4O3S/c1-18-9-11-19(12-10-18)25(32)28-22(26(33)27-13-14-31)16-20-17-30(21-6-3-2-4-7-21)29-24(20)23-8-5-15-34-23/h2-12,15-17,31H,13-14H2,1H3,(H,27,33)(H,28,32)/b22-16-. The Morgan fingerprint density at radius 1 is 1.06 bits per heavy atom. The minimum absolute atomic E-state index is 0.0597. The molecule has 0 saturated carbocycles. The van der Waals surface area contributed by atoms with E-state index in [2.05, 4.69) is 10.6 Å². The number of thiophene rings is 1. The maximum Gasteiger partial charge on any atom is 0.267 e. The maximum atomic E-state index is 12.9. The lowest BCUT2D eigenvalue weighted by Gasteiger charge is -2.11. The normalized spacial score (nSPS) is 11.3. The van der Waals surface area contributed by atoms with E-state index in [0.29, 0.717) is 16.8 Å². The van der Waals surface area contributed by atoms with Crippen molar-refractivity contribution in [3.05, 3.63) is 101 Å². The molecule has 0 unspecified atom stereocenters. The molecule has 0 aliphatic heterocycles. The van der Waals surface area contributed by atoms with Crippen LogP contribution in [0.2, 0.25) is 0 Å². The summed E-state index contributed by atoms with van der Waals surface area (Å²) < 4.78 is 1.74. The van der Waals surface area contributed by atoms with E-state index in [1.54, 1.807) is 22.9 Å². The zero-order valence-electron chi connectivity index (χ0n) is 18.6. The molecular formula is C26H24N4O3S. The van der Waals surface area contributed by atoms with Crippen molar-refractivity contribution >= 4 is 29.2 Å². The lowest BCUT2D eigenvalue weighted by atomic mass is 10.1. The van der Waals surface area contributed by atoms with Gasteiger partial charge in [-0.3, -0.25) is 9.59 Å². The molecule has 0 atom stereocenters. The minimum Gasteiger partial charge on any atom is -0.395 e. The zero-order chi connectivity index (χ0) is 23.9. The highest BCUT2D eigenvalue weighted by Crippen LogP contribution is 2.29. The van der Waals surface area contributed by atoms with Crippen molar-refractivity contribution < 1.29 is 14.7 Å². The Bertz CT molecular complexity index is 1290. The molecule has 2 aromatic carbocycles. The zero-order valence-corrected chi connectivity index (χ0v) is 19.4. The number of para-hydroxylation sites is 1. The molecule has 172 valence electrons. The fourth-order valence-electron chi connectivity index (χ4n) is 3.29. The number of hydrogen-bond donors (Lipinski definition) is 3. The molecule has 2 aromatic heterocycles. The summed E-state index contributed by atoms with van der Waals surface area (Å²) in [6.07, 6.45) is 3.43. The Morgan fingerprint density at radius 3 is 2.50 bits per heavy atom. The third kappa shape index (κ3) is 5.48. The number of aromatic nitrogens is 2. The fraction of sp³-hybridized carbons (Fsp3) is 0.115. The monoisotopic (exact) mass is 472 g/mol. The van der Waals surface area contributed by atoms with Crippen LogP contribution in [-0.4, -0.2) is 39.9 Å². The summed E-state index contributed by atoms with van der Waals surface area (Å²) in [7, 11) is 0. The molecule has 2 amide bonds. The van der Waals surface area contributed by atoms with E-state index in [1.807, 2.05) is 73.1 Å². The summed E-state index contributed by atoms with van der Waals surface area (Å²) >= 11 is 1.53. The molecule has 7 nitrogen and oxygen atoms in total. The SMILES string of the molecule is Cc1ccc(C(=O)N/C(=C\c2cn(-c3ccccc3)nc2-c2cccs2)C(=O)NCCO)cc1. The lowest BCUT2D eigenvalue weighted by Crippen LogP contribution is -2.36. The van der Waals surface area contributed by atoms with E-state index >= 15 is 0 Å². The Labute approximate surface area is 201 Å². The van der Waals surface area contributed by atoms with Crippen LogP contribution in [0, 0.1) is 6.92 Å². The second-order valence-corrected chi connectivity index (χ2v) is 8.50. The van der Waals surface area contributed by atoms with Crippen LogP contribution in [0.1, 0.15) is 21.5 Å². The average Bonchev–Trinajstić information content (AvgIpc) is 3.53. The Kier molecular flexibility index (Phi) is 7.31. The van der Waals surface area contributed by atoms with Crippen molar-refractivity contribution in [3.8, 4) is 16.3 Å². The summed E-state index contributed by atoms with van der Waals surface area (Å²) in [6.45, 7) is 1.79. The molecule has 4 aromatic rings. The number of amides is 2. The molecule has 0 spiro atoms. The van der Waals surface area contributed by atoms with E-state index in [1.165, 1.54) is 11.3 Å². The van der Waals surface area contributed by atoms with E-state index in [9.17, 15) is 9.59 Å². The molecule has 0 aliphatic carbocycles. The van der Waals surface area contributed by atoms with Crippen LogP contribution in [0.4, 0.5) is 0 Å². The van der Waals surface area contributed by atoms with Gasteiger partial charge in [-0.1, -0.05) is 42.0 Å². The van der Waals surface area contributed by atoms with Gasteiger partial charge in [0.2, 0.25) is 0 Å². The first-order chi connectivity index (χ1) is 16.5. The minimum atomic E-state index is -0.501. The van der Waals surface area contributed by atoms with Crippen LogP contribution in [0.25, 0.3) is 22.3 Å². The van der Waals surface area contributed by atoms with Crippen molar-refractivity contribution in [2.24, 2.45) is 0 Å². The molecule has 0 bridgehead atoms. The highest BCUT2D eigenvalue weighted by Gasteiger charge is 2.18. The van der Waals surface area contributed by atoms with Gasteiger partial charge < -0.3 is 15.7 Å². The predicted octanol–water partition coefficient (Wildman–Crippen LogP) is 3.79. The topological polar surface area (TPSA) is 96.2 Å². The van der Waals surface area contributed by atoms with Crippen LogP contribution in [0.3, 0.4) is 0 Å². The van der Waals surface area contributed by atoms with Gasteiger partial charge in [-0.2, -0.15) is 5.10 Å². The molecule has 3 N–H and O–H groups in total. The van der Waals surface area contributed by atoms with Crippen molar-refractivity contribution in [2.45, 2.75) is 6.92 Å². The van der Waals surface area contributed by atoms with Gasteiger partial charge in [-0.25, -0.2) is 4.68 Å². The van der Waals surface area contributed by atoms with Gasteiger partial charge in [0.05, 0.1) is 17.2 Å². The van der Waals surface area contributed by atoms with Crippen LogP contribution in [0.15, 0.2) is 84.0 Å². The highest BCUT2D eigenvalue weighted by molar-refractivity contribution is 7.13. The van der Waals surface area contributed by atoms with Gasteiger partial charge in [0, 0.05) is 23.9 Å². The van der Waals surface area contributed by atoms with Crippen LogP contribution < -0.4 is 10.6 Å². The third-order valence-corrected chi connectivity index (χ3v) is 5.90. The van der Waals surface area contributed by atoms with Crippen LogP contribution in [-0.2, 0) is 4.79 Å². The van der Waals surface area contributed by atoms with Gasteiger partial charge in [-0.15, -0.1) is 11.3 Å². The average molecular weight is 473 g/mol. The van der Waals surface area contributed by atoms with Crippen molar-refractivity contribution in [3.63, 3.8) is 0 Å². The predicted molar refractivity (Wildman–Crippen MR) is 134 cm³/mol. The number of nitrogens with zero attached hydrogens (tertiary/aromatic N) is 2. The smallest absolute Gasteiger partial charge is 0.267 e. The molecule has 8 heteroatoms. The fourth-order valence-corrected chi connectivity index (χ4v) is 4.02. The van der Waals surface area contributed by atoms with E-state index < -0.39 is 11.8 Å². The second-order valence-electron chi connectivity index (χ2n) is 7.55. The summed E-state index contributed by atoms with van der Waals surface area (Å²) in [5.41, 5.74) is 3.76. The lowest BCUT2D eigenvalue weighted by molar-refractivity contribution is -0.117. The molecule has 2 heterocycles. The molecule has 0 aliphatic rings. The number of aliphatic hydroxyl groups is 1. The van der Waals surface area contributed by atoms with Crippen molar-refractivity contribution in [1.29, 1.82) is 0 Å². The van der Waals surface area contributed by atoms with Gasteiger partial charge in [0.15, 0.2) is 0 Å². The highest BCUT2D eigenvalue weighted by atomic mass is 32.1. The molecule has 0 radical (unpaired) electrons. The number of carbonyl (C=O) groups excluding carboxylic acids is 2. The van der Waals surface area contributed by atoms with Crippen molar-refractivity contribution in [1.82, 2.24) is 20.4 Å². The number of benzene rings is 2. The summed E-state index contributed by atoms with van der Waals surface area (Å²) in [4.78, 5) is 26.7. The van der Waals surface area contributed by atoms with E-state index in [-0.39, 0.29) is 18.8 Å². The number of aliphatic hydroxyl groups excluding tert-OH is 1. The largest absolute Gasteiger partial charge is 0.395 e. The molecular weight excluding hydrogens is 448 g/mol. The van der Waals surface area contributed by atoms with Gasteiger partial charge >= 0.3 is 0 Å². The second kappa shape index (κ2) is 10.7. The number of hydrogen-bond acceptors (Lipinski definition) is 5. The number of aryl methyl sites for hydroxylation is 1. The summed E-state index contributed by atoms with van der Waals surface area (Å²) in [5, 5.41) is 21.2. The number of carbonyl (C=O) groups is 2. The van der Waals surface area contributed by atoms with E-state index in [0.717, 1.165) is 16.1 Å². The van der Waals surface area contributed by atoms with Gasteiger partial charge in [0.1, 0.15) is 11.4 Å². The van der Waals surface area contributed by atoms with Crippen LogP contribution >= 0.6 is 11.3 Å². The summed E-state index contributed by atoms with van der Waals surface area (Å²) in [5.74, 6) is -0.905. The van der Waals surface area contributed by atoms with Gasteiger partial charge in [-0.05, 0) is 48.7 Å². The first kappa shape index (κ1) is 23.2. The number of rotatable bonds is 8. The molecule has 34 heavy (non-hydrogen) atoms. The van der Waals surface area contributed by atoms with Gasteiger partial charge in [0.25, 0.3) is 11.8 Å².